The van der Waals surface area contributed by atoms with E-state index >= 15 is 0 Å². The van der Waals surface area contributed by atoms with Crippen LogP contribution in [-0.2, 0) is 19.6 Å². The van der Waals surface area contributed by atoms with E-state index in [9.17, 15) is 18.0 Å². The number of carbonyl (C=O) groups is 2. The molecule has 2 heterocycles. The fourth-order valence-electron chi connectivity index (χ4n) is 4.21. The maximum atomic E-state index is 12.6. The summed E-state index contributed by atoms with van der Waals surface area (Å²) in [5, 5.41) is 15.2. The molecule has 3 N–H and O–H groups in total. The van der Waals surface area contributed by atoms with Gasteiger partial charge < -0.3 is 20.3 Å². The van der Waals surface area contributed by atoms with E-state index in [0.717, 1.165) is 36.5 Å². The second kappa shape index (κ2) is 9.23. The second-order valence-corrected chi connectivity index (χ2v) is 9.82. The number of amides is 1. The Bertz CT molecular complexity index is 825. The average Bonchev–Trinajstić information content (AvgIpc) is 3.14. The first-order chi connectivity index (χ1) is 13.7. The highest BCUT2D eigenvalue weighted by molar-refractivity contribution is 7.88. The molecule has 1 aromatic rings. The van der Waals surface area contributed by atoms with Gasteiger partial charge in [0, 0.05) is 24.2 Å². The summed E-state index contributed by atoms with van der Waals surface area (Å²) >= 11 is 0. The van der Waals surface area contributed by atoms with Crippen LogP contribution in [0, 0.1) is 5.92 Å². The molecule has 1 saturated heterocycles. The van der Waals surface area contributed by atoms with Crippen LogP contribution < -0.4 is 10.6 Å². The van der Waals surface area contributed by atoms with Crippen molar-refractivity contribution < 1.29 is 23.1 Å². The van der Waals surface area contributed by atoms with Gasteiger partial charge in [0.05, 0.1) is 12.6 Å². The normalized spacial score (nSPS) is 23.8. The van der Waals surface area contributed by atoms with Crippen LogP contribution in [0.3, 0.4) is 0 Å². The van der Waals surface area contributed by atoms with Crippen LogP contribution in [0.1, 0.15) is 44.6 Å². The number of imidazole rings is 1. The van der Waals surface area contributed by atoms with Crippen LogP contribution in [0.25, 0.3) is 0 Å². The van der Waals surface area contributed by atoms with E-state index in [1.165, 1.54) is 0 Å². The van der Waals surface area contributed by atoms with E-state index in [4.69, 9.17) is 5.11 Å². The molecule has 1 aliphatic heterocycles. The first-order valence-corrected chi connectivity index (χ1v) is 11.8. The molecule has 2 fully saturated rings. The van der Waals surface area contributed by atoms with Crippen LogP contribution >= 0.6 is 0 Å². The fourth-order valence-corrected chi connectivity index (χ4v) is 5.31. The third-order valence-corrected chi connectivity index (χ3v) is 7.05. The minimum atomic E-state index is -3.62. The van der Waals surface area contributed by atoms with Crippen LogP contribution in [-0.4, -0.2) is 71.2 Å². The molecule has 162 valence electrons. The first kappa shape index (κ1) is 21.7. The van der Waals surface area contributed by atoms with E-state index in [0.29, 0.717) is 37.5 Å². The van der Waals surface area contributed by atoms with Crippen molar-refractivity contribution in [3.8, 4) is 0 Å². The van der Waals surface area contributed by atoms with Crippen molar-refractivity contribution >= 4 is 27.7 Å². The number of hydrogen-bond acceptors (Lipinski definition) is 6. The summed E-state index contributed by atoms with van der Waals surface area (Å²) in [5.74, 6) is -1.01. The highest BCUT2D eigenvalue weighted by atomic mass is 32.2. The molecule has 0 atom stereocenters. The Balaban J connectivity index is 1.53. The molecule has 1 saturated carbocycles. The molecule has 0 unspecified atom stereocenters. The van der Waals surface area contributed by atoms with Gasteiger partial charge in [-0.05, 0) is 51.6 Å². The third-order valence-electron chi connectivity index (χ3n) is 5.77. The summed E-state index contributed by atoms with van der Waals surface area (Å²) in [5.41, 5.74) is 0. The number of aromatic nitrogens is 2. The van der Waals surface area contributed by atoms with Crippen molar-refractivity contribution in [2.24, 2.45) is 5.92 Å². The lowest BCUT2D eigenvalue weighted by Gasteiger charge is -2.34. The Morgan fingerprint density at radius 2 is 1.90 bits per heavy atom. The van der Waals surface area contributed by atoms with Gasteiger partial charge >= 0.3 is 5.97 Å². The molecule has 0 spiro atoms. The number of nitrogens with one attached hydrogen (secondary N) is 2. The standard InChI is InChI=1S/C18H29N5O5S/c1-29(27,28)23(11-17(24)25)15-4-2-13(3-5-15)18(26)21-16-10-22(12-20-16)14-6-8-19-9-7-14/h10,12-15,19H,2-9,11H2,1H3,(H,21,26)(H,24,25). The lowest BCUT2D eigenvalue weighted by Crippen LogP contribution is -2.45. The van der Waals surface area contributed by atoms with Crippen molar-refractivity contribution in [3.05, 3.63) is 12.5 Å². The predicted octanol–water partition coefficient (Wildman–Crippen LogP) is 0.651. The average molecular weight is 428 g/mol. The Morgan fingerprint density at radius 1 is 1.24 bits per heavy atom. The van der Waals surface area contributed by atoms with Crippen molar-refractivity contribution in [2.75, 3.05) is 31.2 Å². The monoisotopic (exact) mass is 427 g/mol. The Labute approximate surface area is 170 Å². The maximum absolute atomic E-state index is 12.6. The smallest absolute Gasteiger partial charge is 0.318 e. The minimum Gasteiger partial charge on any atom is -0.480 e. The summed E-state index contributed by atoms with van der Waals surface area (Å²) in [4.78, 5) is 27.9. The lowest BCUT2D eigenvalue weighted by atomic mass is 9.85. The number of carboxylic acid groups (broad SMARTS) is 1. The van der Waals surface area contributed by atoms with Crippen molar-refractivity contribution in [1.29, 1.82) is 0 Å². The zero-order valence-corrected chi connectivity index (χ0v) is 17.4. The van der Waals surface area contributed by atoms with Crippen LogP contribution in [0.15, 0.2) is 12.5 Å². The predicted molar refractivity (Wildman–Crippen MR) is 107 cm³/mol. The second-order valence-electron chi connectivity index (χ2n) is 7.88. The van der Waals surface area contributed by atoms with Crippen LogP contribution in [0.5, 0.6) is 0 Å². The number of aliphatic carboxylic acids is 1. The fraction of sp³-hybridized carbons (Fsp3) is 0.722. The van der Waals surface area contributed by atoms with Gasteiger partial charge in [0.15, 0.2) is 5.82 Å². The van der Waals surface area contributed by atoms with Crippen molar-refractivity contribution in [2.45, 2.75) is 50.6 Å². The van der Waals surface area contributed by atoms with Gasteiger partial charge in [-0.25, -0.2) is 13.4 Å². The van der Waals surface area contributed by atoms with E-state index in [1.54, 1.807) is 6.33 Å². The van der Waals surface area contributed by atoms with Gasteiger partial charge in [0.25, 0.3) is 0 Å². The Hall–Kier alpha value is -1.98. The first-order valence-electron chi connectivity index (χ1n) is 9.97. The molecule has 11 heteroatoms. The number of anilines is 1. The number of sulfonamides is 1. The molecule has 10 nitrogen and oxygen atoms in total. The number of piperidine rings is 1. The van der Waals surface area contributed by atoms with Gasteiger partial charge in [-0.15, -0.1) is 0 Å². The number of carboxylic acids is 1. The van der Waals surface area contributed by atoms with Crippen LogP contribution in [0.4, 0.5) is 5.82 Å². The van der Waals surface area contributed by atoms with E-state index in [1.807, 2.05) is 10.8 Å². The topological polar surface area (TPSA) is 134 Å². The third kappa shape index (κ3) is 5.77. The molecular formula is C18H29N5O5S. The molecule has 3 rings (SSSR count). The largest absolute Gasteiger partial charge is 0.480 e. The molecule has 29 heavy (non-hydrogen) atoms. The van der Waals surface area contributed by atoms with Crippen molar-refractivity contribution in [3.63, 3.8) is 0 Å². The molecule has 0 aromatic carbocycles. The number of hydrogen-bond donors (Lipinski definition) is 3. The summed E-state index contributed by atoms with van der Waals surface area (Å²) in [6.45, 7) is 1.40. The van der Waals surface area contributed by atoms with Gasteiger partial charge in [0.1, 0.15) is 6.54 Å². The zero-order valence-electron chi connectivity index (χ0n) is 16.6. The lowest BCUT2D eigenvalue weighted by molar-refractivity contribution is -0.137. The number of carbonyl (C=O) groups excluding carboxylic acids is 1. The summed E-state index contributed by atoms with van der Waals surface area (Å²) in [6, 6.07) is 0.00493. The van der Waals surface area contributed by atoms with Gasteiger partial charge in [-0.2, -0.15) is 4.31 Å². The molecule has 1 aromatic heterocycles. The van der Waals surface area contributed by atoms with Gasteiger partial charge in [0.2, 0.25) is 15.9 Å². The number of rotatable bonds is 7. The molecule has 2 aliphatic rings. The van der Waals surface area contributed by atoms with Gasteiger partial charge in [-0.1, -0.05) is 0 Å². The Morgan fingerprint density at radius 3 is 2.48 bits per heavy atom. The summed E-state index contributed by atoms with van der Waals surface area (Å²) in [7, 11) is -3.62. The van der Waals surface area contributed by atoms with E-state index in [2.05, 4.69) is 15.6 Å². The quantitative estimate of drug-likeness (QED) is 0.582. The molecular weight excluding hydrogens is 398 g/mol. The highest BCUT2D eigenvalue weighted by Gasteiger charge is 2.34. The SMILES string of the molecule is CS(=O)(=O)N(CC(=O)O)C1CCC(C(=O)Nc2cn(C3CCNCC3)cn2)CC1. The van der Waals surface area contributed by atoms with E-state index in [-0.39, 0.29) is 17.9 Å². The molecule has 1 amide bonds. The minimum absolute atomic E-state index is 0.122. The van der Waals surface area contributed by atoms with Gasteiger partial charge in [-0.3, -0.25) is 9.59 Å². The molecule has 0 radical (unpaired) electrons. The summed E-state index contributed by atoms with van der Waals surface area (Å²) in [6.07, 6.45) is 8.63. The van der Waals surface area contributed by atoms with Crippen LogP contribution in [0.2, 0.25) is 0 Å². The zero-order chi connectivity index (χ0) is 21.0. The molecule has 1 aliphatic carbocycles. The molecule has 0 bridgehead atoms. The highest BCUT2D eigenvalue weighted by Crippen LogP contribution is 2.30. The Kier molecular flexibility index (Phi) is 6.91. The van der Waals surface area contributed by atoms with Crippen molar-refractivity contribution in [1.82, 2.24) is 19.2 Å². The number of nitrogens with zero attached hydrogens (tertiary/aromatic N) is 3. The maximum Gasteiger partial charge on any atom is 0.318 e. The van der Waals surface area contributed by atoms with E-state index < -0.39 is 22.5 Å². The summed E-state index contributed by atoms with van der Waals surface area (Å²) < 4.78 is 26.9.